The van der Waals surface area contributed by atoms with E-state index < -0.39 is 29.2 Å². The predicted molar refractivity (Wildman–Crippen MR) is 62.6 cm³/mol. The molecule has 0 aliphatic heterocycles. The van der Waals surface area contributed by atoms with Crippen molar-refractivity contribution in [3.05, 3.63) is 59.4 Å². The molecule has 0 aliphatic carbocycles. The van der Waals surface area contributed by atoms with Crippen LogP contribution in [-0.4, -0.2) is 12.0 Å². The summed E-state index contributed by atoms with van der Waals surface area (Å²) < 4.78 is 53.0. The minimum Gasteiger partial charge on any atom is -0.365 e. The molecule has 2 rings (SSSR count). The molecule has 0 spiro atoms. The van der Waals surface area contributed by atoms with Crippen LogP contribution in [0.4, 0.5) is 23.2 Å². The maximum absolute atomic E-state index is 13.5. The lowest BCUT2D eigenvalue weighted by atomic mass is 10.2. The predicted octanol–water partition coefficient (Wildman–Crippen LogP) is 3.27. The van der Waals surface area contributed by atoms with E-state index in [0.717, 1.165) is 10.5 Å². The van der Waals surface area contributed by atoms with Crippen molar-refractivity contribution < 1.29 is 17.6 Å². The van der Waals surface area contributed by atoms with Crippen LogP contribution in [0.1, 0.15) is 5.56 Å². The zero-order valence-corrected chi connectivity index (χ0v) is 10.0. The van der Waals surface area contributed by atoms with Gasteiger partial charge in [-0.15, -0.1) is 0 Å². The normalized spacial score (nSPS) is 10.6. The van der Waals surface area contributed by atoms with Gasteiger partial charge < -0.3 is 4.90 Å². The van der Waals surface area contributed by atoms with Crippen LogP contribution in [0.15, 0.2) is 30.3 Å². The smallest absolute Gasteiger partial charge is 0.253 e. The second kappa shape index (κ2) is 5.26. The molecule has 2 aromatic rings. The summed E-state index contributed by atoms with van der Waals surface area (Å²) in [7, 11) is 1.34. The Morgan fingerprint density at radius 2 is 1.47 bits per heavy atom. The van der Waals surface area contributed by atoms with E-state index in [4.69, 9.17) is 0 Å². The molecule has 0 fully saturated rings. The van der Waals surface area contributed by atoms with E-state index in [1.165, 1.54) is 7.05 Å². The van der Waals surface area contributed by atoms with Gasteiger partial charge in [0, 0.05) is 13.6 Å². The quantitative estimate of drug-likeness (QED) is 0.628. The summed E-state index contributed by atoms with van der Waals surface area (Å²) in [6, 6.07) is 8.77. The van der Waals surface area contributed by atoms with Gasteiger partial charge in [-0.2, -0.15) is 22.5 Å². The highest BCUT2D eigenvalue weighted by Crippen LogP contribution is 2.26. The summed E-state index contributed by atoms with van der Waals surface area (Å²) >= 11 is 0. The molecule has 0 N–H and O–H groups in total. The molecule has 0 amide bonds. The monoisotopic (exact) mass is 270 g/mol. The van der Waals surface area contributed by atoms with E-state index in [2.05, 4.69) is 4.98 Å². The van der Waals surface area contributed by atoms with Crippen molar-refractivity contribution in [2.45, 2.75) is 6.54 Å². The van der Waals surface area contributed by atoms with Gasteiger partial charge in [0.1, 0.15) is 5.69 Å². The topological polar surface area (TPSA) is 16.1 Å². The number of nitrogens with zero attached hydrogens (tertiary/aromatic N) is 2. The Bertz CT molecular complexity index is 561. The van der Waals surface area contributed by atoms with Crippen molar-refractivity contribution in [2.75, 3.05) is 11.9 Å². The Morgan fingerprint density at radius 1 is 0.947 bits per heavy atom. The molecule has 0 unspecified atom stereocenters. The van der Waals surface area contributed by atoms with Gasteiger partial charge in [0.15, 0.2) is 0 Å². The minimum atomic E-state index is -1.66. The van der Waals surface area contributed by atoms with Crippen molar-refractivity contribution in [1.29, 1.82) is 0 Å². The first kappa shape index (κ1) is 13.3. The van der Waals surface area contributed by atoms with Crippen LogP contribution in [0, 0.1) is 23.5 Å². The number of hydrogen-bond donors (Lipinski definition) is 0. The first-order valence-electron chi connectivity index (χ1n) is 5.45. The average Bonchev–Trinajstić information content (AvgIpc) is 2.38. The second-order valence-corrected chi connectivity index (χ2v) is 4.01. The van der Waals surface area contributed by atoms with Crippen molar-refractivity contribution in [1.82, 2.24) is 4.98 Å². The molecule has 0 saturated heterocycles. The van der Waals surface area contributed by atoms with Gasteiger partial charge in [-0.05, 0) is 5.56 Å². The molecule has 0 bridgehead atoms. The number of anilines is 1. The molecule has 0 saturated carbocycles. The molecule has 0 aliphatic rings. The van der Waals surface area contributed by atoms with Crippen LogP contribution in [0.5, 0.6) is 0 Å². The first-order valence-corrected chi connectivity index (χ1v) is 5.45. The molecule has 0 radical (unpaired) electrons. The fourth-order valence-corrected chi connectivity index (χ4v) is 1.75. The molecular formula is C13H10F4N2. The first-order chi connectivity index (χ1) is 9.00. The van der Waals surface area contributed by atoms with Crippen LogP contribution in [-0.2, 0) is 6.54 Å². The van der Waals surface area contributed by atoms with Crippen LogP contribution in [0.3, 0.4) is 0 Å². The summed E-state index contributed by atoms with van der Waals surface area (Å²) in [5, 5.41) is 0. The van der Waals surface area contributed by atoms with E-state index in [1.54, 1.807) is 30.3 Å². The Morgan fingerprint density at radius 3 is 2.00 bits per heavy atom. The Kier molecular flexibility index (Phi) is 3.69. The van der Waals surface area contributed by atoms with Crippen LogP contribution in [0.25, 0.3) is 0 Å². The average molecular weight is 270 g/mol. The molecule has 2 nitrogen and oxygen atoms in total. The summed E-state index contributed by atoms with van der Waals surface area (Å²) in [6.45, 7) is 0.109. The van der Waals surface area contributed by atoms with Gasteiger partial charge in [-0.3, -0.25) is 0 Å². The SMILES string of the molecule is CN(Cc1ccccc1)c1c(F)c(F)nc(F)c1F. The lowest BCUT2D eigenvalue weighted by Gasteiger charge is -2.20. The summed E-state index contributed by atoms with van der Waals surface area (Å²) in [5.41, 5.74) is -0.0183. The lowest BCUT2D eigenvalue weighted by Crippen LogP contribution is -2.21. The maximum Gasteiger partial charge on any atom is 0.253 e. The van der Waals surface area contributed by atoms with E-state index in [9.17, 15) is 17.6 Å². The van der Waals surface area contributed by atoms with Gasteiger partial charge >= 0.3 is 0 Å². The van der Waals surface area contributed by atoms with E-state index >= 15 is 0 Å². The fourth-order valence-electron chi connectivity index (χ4n) is 1.75. The highest BCUT2D eigenvalue weighted by atomic mass is 19.2. The van der Waals surface area contributed by atoms with Crippen LogP contribution < -0.4 is 4.90 Å². The number of halogens is 4. The summed E-state index contributed by atoms with van der Waals surface area (Å²) in [4.78, 5) is 3.60. The number of benzene rings is 1. The number of aromatic nitrogens is 1. The lowest BCUT2D eigenvalue weighted by molar-refractivity contribution is 0.407. The summed E-state index contributed by atoms with van der Waals surface area (Å²) in [6.07, 6.45) is 0. The standard InChI is InChI=1S/C13H10F4N2/c1-19(7-8-5-3-2-4-6-8)11-9(14)12(16)18-13(17)10(11)15/h2-6H,7H2,1H3. The van der Waals surface area contributed by atoms with Crippen molar-refractivity contribution in [3.63, 3.8) is 0 Å². The van der Waals surface area contributed by atoms with Gasteiger partial charge in [0.2, 0.25) is 11.6 Å². The summed E-state index contributed by atoms with van der Waals surface area (Å²) in [5.74, 6) is -6.32. The fraction of sp³-hybridized carbons (Fsp3) is 0.154. The largest absolute Gasteiger partial charge is 0.365 e. The van der Waals surface area contributed by atoms with Gasteiger partial charge in [0.25, 0.3) is 11.9 Å². The molecule has 1 heterocycles. The molecular weight excluding hydrogens is 260 g/mol. The highest BCUT2D eigenvalue weighted by molar-refractivity contribution is 5.48. The van der Waals surface area contributed by atoms with E-state index in [1.807, 2.05) is 0 Å². The number of pyridine rings is 1. The molecule has 1 aromatic heterocycles. The zero-order valence-electron chi connectivity index (χ0n) is 10.0. The molecule has 1 aromatic carbocycles. The molecule has 19 heavy (non-hydrogen) atoms. The maximum atomic E-state index is 13.5. The van der Waals surface area contributed by atoms with Gasteiger partial charge in [-0.25, -0.2) is 0 Å². The molecule has 100 valence electrons. The highest BCUT2D eigenvalue weighted by Gasteiger charge is 2.23. The number of hydrogen-bond acceptors (Lipinski definition) is 2. The zero-order chi connectivity index (χ0) is 14.0. The Labute approximate surface area is 107 Å². The van der Waals surface area contributed by atoms with Crippen LogP contribution >= 0.6 is 0 Å². The Balaban J connectivity index is 2.36. The molecule has 6 heteroatoms. The van der Waals surface area contributed by atoms with Crippen molar-refractivity contribution in [3.8, 4) is 0 Å². The minimum absolute atomic E-state index is 0.109. The second-order valence-electron chi connectivity index (χ2n) is 4.01. The molecule has 0 atom stereocenters. The van der Waals surface area contributed by atoms with E-state index in [-0.39, 0.29) is 6.54 Å². The van der Waals surface area contributed by atoms with Crippen molar-refractivity contribution in [2.24, 2.45) is 0 Å². The third kappa shape index (κ3) is 2.67. The third-order valence-electron chi connectivity index (χ3n) is 2.62. The van der Waals surface area contributed by atoms with Gasteiger partial charge in [0.05, 0.1) is 0 Å². The van der Waals surface area contributed by atoms with Gasteiger partial charge in [-0.1, -0.05) is 30.3 Å². The van der Waals surface area contributed by atoms with Crippen molar-refractivity contribution >= 4 is 5.69 Å². The Hall–Kier alpha value is -2.11. The number of rotatable bonds is 3. The third-order valence-corrected chi connectivity index (χ3v) is 2.62. The van der Waals surface area contributed by atoms with E-state index in [0.29, 0.717) is 0 Å². The van der Waals surface area contributed by atoms with Crippen LogP contribution in [0.2, 0.25) is 0 Å².